The van der Waals surface area contributed by atoms with Crippen LogP contribution in [-0.4, -0.2) is 38.9 Å². The van der Waals surface area contributed by atoms with E-state index in [0.717, 1.165) is 5.56 Å². The van der Waals surface area contributed by atoms with Crippen LogP contribution in [0.3, 0.4) is 0 Å². The molecular formula is C29H20N4O6. The number of para-hydroxylation sites is 1. The Labute approximate surface area is 220 Å². The minimum Gasteiger partial charge on any atom is -0.504 e. The van der Waals surface area contributed by atoms with E-state index in [4.69, 9.17) is 23.6 Å². The van der Waals surface area contributed by atoms with Gasteiger partial charge >= 0.3 is 5.63 Å². The van der Waals surface area contributed by atoms with Crippen molar-refractivity contribution >= 4 is 16.6 Å². The summed E-state index contributed by atoms with van der Waals surface area (Å²) < 4.78 is 24.1. The van der Waals surface area contributed by atoms with Crippen LogP contribution >= 0.6 is 0 Å². The van der Waals surface area contributed by atoms with Gasteiger partial charge in [0.15, 0.2) is 28.7 Å². The fourth-order valence-electron chi connectivity index (χ4n) is 5.01. The minimum absolute atomic E-state index is 0.0353. The monoisotopic (exact) mass is 520 g/mol. The van der Waals surface area contributed by atoms with Crippen molar-refractivity contribution in [3.63, 3.8) is 0 Å². The number of hydrogen-bond acceptors (Lipinski definition) is 9. The van der Waals surface area contributed by atoms with Crippen LogP contribution in [-0.2, 0) is 0 Å². The molecule has 0 saturated carbocycles. The van der Waals surface area contributed by atoms with Gasteiger partial charge in [-0.15, -0.1) is 5.10 Å². The van der Waals surface area contributed by atoms with Crippen LogP contribution in [0.4, 0.5) is 0 Å². The summed E-state index contributed by atoms with van der Waals surface area (Å²) in [6.07, 6.45) is 1.51. The Morgan fingerprint density at radius 2 is 1.79 bits per heavy atom. The van der Waals surface area contributed by atoms with Crippen molar-refractivity contribution in [2.24, 2.45) is 0 Å². The summed E-state index contributed by atoms with van der Waals surface area (Å²) in [4.78, 5) is 22.8. The Kier molecular flexibility index (Phi) is 5.02. The number of nitrogens with zero attached hydrogens (tertiary/aromatic N) is 4. The van der Waals surface area contributed by atoms with Gasteiger partial charge in [-0.1, -0.05) is 24.3 Å². The Bertz CT molecular complexity index is 1960. The third-order valence-corrected chi connectivity index (χ3v) is 6.85. The van der Waals surface area contributed by atoms with E-state index in [1.807, 2.05) is 36.4 Å². The van der Waals surface area contributed by atoms with Crippen molar-refractivity contribution in [1.82, 2.24) is 19.6 Å². The summed E-state index contributed by atoms with van der Waals surface area (Å²) in [5.41, 5.74) is 2.63. The number of phenols is 1. The highest BCUT2D eigenvalue weighted by atomic mass is 16.5. The molecule has 0 saturated heterocycles. The molecule has 0 radical (unpaired) electrons. The molecule has 3 aromatic carbocycles. The number of methoxy groups -OCH3 is 2. The lowest BCUT2D eigenvalue weighted by Gasteiger charge is -2.27. The van der Waals surface area contributed by atoms with E-state index in [-0.39, 0.29) is 5.75 Å². The molecule has 0 fully saturated rings. The summed E-state index contributed by atoms with van der Waals surface area (Å²) in [5.74, 6) is 1.42. The maximum absolute atomic E-state index is 13.5. The first-order chi connectivity index (χ1) is 19.1. The van der Waals surface area contributed by atoms with Gasteiger partial charge < -0.3 is 23.7 Å². The van der Waals surface area contributed by atoms with Crippen molar-refractivity contribution in [3.8, 4) is 40.3 Å². The van der Waals surface area contributed by atoms with Gasteiger partial charge in [-0.25, -0.2) is 19.3 Å². The van der Waals surface area contributed by atoms with Crippen LogP contribution in [0.15, 0.2) is 82.3 Å². The van der Waals surface area contributed by atoms with Crippen molar-refractivity contribution in [2.75, 3.05) is 14.2 Å². The number of benzene rings is 3. The maximum Gasteiger partial charge on any atom is 0.344 e. The fraction of sp³-hybridized carbons (Fsp3) is 0.103. The van der Waals surface area contributed by atoms with E-state index in [9.17, 15) is 9.90 Å². The van der Waals surface area contributed by atoms with Crippen molar-refractivity contribution in [1.29, 1.82) is 0 Å². The first-order valence-electron chi connectivity index (χ1n) is 12.1. The lowest BCUT2D eigenvalue weighted by molar-refractivity contribution is 0.373. The first kappa shape index (κ1) is 22.8. The highest BCUT2D eigenvalue weighted by Gasteiger charge is 2.37. The summed E-state index contributed by atoms with van der Waals surface area (Å²) in [7, 11) is 3.07. The predicted octanol–water partition coefficient (Wildman–Crippen LogP) is 4.91. The van der Waals surface area contributed by atoms with Gasteiger partial charge in [0.05, 0.1) is 36.7 Å². The second-order valence-electron chi connectivity index (χ2n) is 8.99. The topological polar surface area (TPSA) is 121 Å². The van der Waals surface area contributed by atoms with Crippen LogP contribution in [0, 0.1) is 0 Å². The molecule has 1 unspecified atom stereocenters. The van der Waals surface area contributed by atoms with Gasteiger partial charge in [0.2, 0.25) is 5.88 Å². The molecule has 0 aliphatic carbocycles. The van der Waals surface area contributed by atoms with Crippen LogP contribution < -0.4 is 19.8 Å². The van der Waals surface area contributed by atoms with Crippen LogP contribution in [0.25, 0.3) is 28.0 Å². The average Bonchev–Trinajstić information content (AvgIpc) is 3.41. The summed E-state index contributed by atoms with van der Waals surface area (Å²) in [6, 6.07) is 19.6. The Morgan fingerprint density at radius 1 is 0.974 bits per heavy atom. The first-order valence-corrected chi connectivity index (χ1v) is 12.1. The molecule has 1 aliphatic heterocycles. The lowest BCUT2D eigenvalue weighted by Crippen LogP contribution is -2.22. The predicted molar refractivity (Wildman–Crippen MR) is 141 cm³/mol. The average molecular weight is 521 g/mol. The summed E-state index contributed by atoms with van der Waals surface area (Å²) in [5, 5.41) is 15.6. The summed E-state index contributed by atoms with van der Waals surface area (Å²) >= 11 is 0. The number of rotatable bonds is 4. The van der Waals surface area contributed by atoms with Crippen LogP contribution in [0.5, 0.6) is 28.9 Å². The fourth-order valence-corrected chi connectivity index (χ4v) is 5.01. The van der Waals surface area contributed by atoms with Gasteiger partial charge in [-0.2, -0.15) is 0 Å². The van der Waals surface area contributed by atoms with E-state index >= 15 is 0 Å². The lowest BCUT2D eigenvalue weighted by atomic mass is 9.84. The number of phenolic OH excluding ortho intramolecular Hbond substituents is 1. The van der Waals surface area contributed by atoms with E-state index in [0.29, 0.717) is 62.3 Å². The van der Waals surface area contributed by atoms with Gasteiger partial charge in [0.25, 0.3) is 0 Å². The van der Waals surface area contributed by atoms with Crippen molar-refractivity contribution < 1.29 is 23.7 Å². The molecule has 4 heterocycles. The Morgan fingerprint density at radius 3 is 2.56 bits per heavy atom. The molecule has 0 spiro atoms. The number of aromatic hydroxyl groups is 1. The summed E-state index contributed by atoms with van der Waals surface area (Å²) in [6.45, 7) is 0. The van der Waals surface area contributed by atoms with Gasteiger partial charge in [0, 0.05) is 5.56 Å². The molecule has 0 amide bonds. The third-order valence-electron chi connectivity index (χ3n) is 6.85. The molecule has 10 heteroatoms. The molecule has 39 heavy (non-hydrogen) atoms. The quantitative estimate of drug-likeness (QED) is 0.323. The largest absolute Gasteiger partial charge is 0.504 e. The molecule has 1 atom stereocenters. The molecule has 1 aliphatic rings. The van der Waals surface area contributed by atoms with E-state index in [1.165, 1.54) is 24.0 Å². The second kappa shape index (κ2) is 8.59. The zero-order chi connectivity index (χ0) is 26.7. The molecule has 7 rings (SSSR count). The Hall–Kier alpha value is -5.38. The molecule has 0 bridgehead atoms. The van der Waals surface area contributed by atoms with Crippen LogP contribution in [0.1, 0.15) is 22.6 Å². The standard InChI is InChI=1S/C29H20N4O6/c1-36-17-10-7-15(8-11-17)22-23-25(18-5-3-4-6-20(18)38-29(23)35)39-28-24(22)27-31-26(32-33(27)14-30-28)16-9-12-21(37-2)19(34)13-16/h3-14,22,34H,1-2H3. The van der Waals surface area contributed by atoms with Crippen LogP contribution in [0.2, 0.25) is 0 Å². The second-order valence-corrected chi connectivity index (χ2v) is 8.99. The normalized spacial score (nSPS) is 14.1. The maximum atomic E-state index is 13.5. The number of hydrogen-bond donors (Lipinski definition) is 1. The van der Waals surface area contributed by atoms with Gasteiger partial charge in [0.1, 0.15) is 17.7 Å². The zero-order valence-electron chi connectivity index (χ0n) is 20.8. The molecule has 6 aromatic rings. The number of fused-ring (bicyclic) bond motifs is 6. The molecule has 192 valence electrons. The van der Waals surface area contributed by atoms with Crippen molar-refractivity contribution in [2.45, 2.75) is 5.92 Å². The minimum atomic E-state index is -0.618. The molecular weight excluding hydrogens is 500 g/mol. The van der Waals surface area contributed by atoms with Gasteiger partial charge in [-0.3, -0.25) is 0 Å². The SMILES string of the molecule is COc1ccc(C2c3c(c4ccccc4oc3=O)Oc3ncn4nc(-c5ccc(OC)c(O)c5)nc4c32)cc1. The highest BCUT2D eigenvalue weighted by molar-refractivity contribution is 5.87. The van der Waals surface area contributed by atoms with Gasteiger partial charge in [-0.05, 0) is 48.0 Å². The molecule has 10 nitrogen and oxygen atoms in total. The van der Waals surface area contributed by atoms with E-state index < -0.39 is 11.5 Å². The number of ether oxygens (including phenoxy) is 3. The highest BCUT2D eigenvalue weighted by Crippen LogP contribution is 2.49. The van der Waals surface area contributed by atoms with Crippen molar-refractivity contribution in [3.05, 3.63) is 100 Å². The number of aromatic nitrogens is 4. The third kappa shape index (κ3) is 3.49. The molecule has 3 aromatic heterocycles. The van der Waals surface area contributed by atoms with E-state index in [1.54, 1.807) is 31.4 Å². The molecule has 1 N–H and O–H groups in total. The van der Waals surface area contributed by atoms with E-state index in [2.05, 4.69) is 10.1 Å². The smallest absolute Gasteiger partial charge is 0.344 e. The zero-order valence-corrected chi connectivity index (χ0v) is 20.8. The Balaban J connectivity index is 1.50.